The summed E-state index contributed by atoms with van der Waals surface area (Å²) in [5.41, 5.74) is 11.2. The molecule has 0 aliphatic carbocycles. The first-order valence-electron chi connectivity index (χ1n) is 18.9. The molecule has 0 atom stereocenters. The molecule has 57 heavy (non-hydrogen) atoms. The maximum atomic E-state index is 13.9. The van der Waals surface area contributed by atoms with Crippen molar-refractivity contribution < 1.29 is 8.81 Å². The maximum Gasteiger partial charge on any atom is 0.159 e. The number of para-hydroxylation sites is 4. The second-order valence-electron chi connectivity index (χ2n) is 14.1. The monoisotopic (exact) mass is 753 g/mol. The molecule has 0 unspecified atom stereocenters. The van der Waals surface area contributed by atoms with Crippen molar-refractivity contribution in [2.24, 2.45) is 0 Å². The zero-order valence-electron chi connectivity index (χ0n) is 30.5. The van der Waals surface area contributed by atoms with Gasteiger partial charge >= 0.3 is 0 Å². The summed E-state index contributed by atoms with van der Waals surface area (Å²) in [6.07, 6.45) is 1.94. The molecule has 4 nitrogen and oxygen atoms in total. The predicted octanol–water partition coefficient (Wildman–Crippen LogP) is 15.0. The van der Waals surface area contributed by atoms with E-state index in [0.717, 1.165) is 67.3 Å². The molecule has 0 bridgehead atoms. The Kier molecular flexibility index (Phi) is 7.90. The molecule has 0 saturated heterocycles. The minimum atomic E-state index is -0.273. The largest absolute Gasteiger partial charge is 0.454 e. The van der Waals surface area contributed by atoms with Gasteiger partial charge in [-0.1, -0.05) is 109 Å². The maximum absolute atomic E-state index is 13.9. The number of anilines is 6. The average Bonchev–Trinajstić information content (AvgIpc) is 3.65. The zero-order valence-corrected chi connectivity index (χ0v) is 31.3. The minimum absolute atomic E-state index is 0.273. The third-order valence-corrected chi connectivity index (χ3v) is 11.9. The molecule has 10 aromatic rings. The summed E-state index contributed by atoms with van der Waals surface area (Å²) >= 11 is 1.81. The van der Waals surface area contributed by atoms with Crippen LogP contribution >= 0.6 is 11.8 Å². The third-order valence-electron chi connectivity index (χ3n) is 10.8. The first-order chi connectivity index (χ1) is 28.2. The molecule has 270 valence electrons. The molecule has 3 heterocycles. The highest BCUT2D eigenvalue weighted by atomic mass is 32.2. The number of furan rings is 1. The molecule has 0 radical (unpaired) electrons. The number of hydrogen-bond donors (Lipinski definition) is 0. The summed E-state index contributed by atoms with van der Waals surface area (Å²) in [4.78, 5) is 11.7. The lowest BCUT2D eigenvalue weighted by molar-refractivity contribution is 0.628. The SMILES string of the molecule is Fc1ccc(N(c2ccccc2)c2ccc(-c3ccc4c5c(cccc35)Sc3cc(N(c5ccccc5)c5cccc6c5oc5ccccc56)ccc3-4)cn2)cc1. The molecular formula is C51H32FN3OS. The Morgan fingerprint density at radius 2 is 1.12 bits per heavy atom. The number of aromatic nitrogens is 1. The van der Waals surface area contributed by atoms with E-state index in [0.29, 0.717) is 0 Å². The number of rotatable bonds is 7. The van der Waals surface area contributed by atoms with Crippen molar-refractivity contribution in [2.45, 2.75) is 9.79 Å². The fourth-order valence-corrected chi connectivity index (χ4v) is 9.35. The van der Waals surface area contributed by atoms with Crippen molar-refractivity contribution in [2.75, 3.05) is 9.80 Å². The van der Waals surface area contributed by atoms with E-state index < -0.39 is 0 Å². The van der Waals surface area contributed by atoms with Crippen LogP contribution in [-0.4, -0.2) is 4.98 Å². The summed E-state index contributed by atoms with van der Waals surface area (Å²) in [7, 11) is 0. The zero-order chi connectivity index (χ0) is 37.9. The van der Waals surface area contributed by atoms with Gasteiger partial charge in [-0.2, -0.15) is 0 Å². The molecule has 0 N–H and O–H groups in total. The van der Waals surface area contributed by atoms with Crippen LogP contribution in [0.5, 0.6) is 0 Å². The molecule has 0 fully saturated rings. The van der Waals surface area contributed by atoms with Crippen LogP contribution in [0.25, 0.3) is 55.0 Å². The first-order valence-corrected chi connectivity index (χ1v) is 19.7. The van der Waals surface area contributed by atoms with Crippen molar-refractivity contribution in [1.29, 1.82) is 0 Å². The van der Waals surface area contributed by atoms with Crippen LogP contribution in [0.4, 0.5) is 38.6 Å². The summed E-state index contributed by atoms with van der Waals surface area (Å²) < 4.78 is 20.5. The van der Waals surface area contributed by atoms with Crippen LogP contribution in [0.3, 0.4) is 0 Å². The van der Waals surface area contributed by atoms with Gasteiger partial charge in [0.05, 0.1) is 5.69 Å². The van der Waals surface area contributed by atoms with Gasteiger partial charge < -0.3 is 9.32 Å². The smallest absolute Gasteiger partial charge is 0.159 e. The second kappa shape index (κ2) is 13.6. The Morgan fingerprint density at radius 1 is 0.474 bits per heavy atom. The standard InChI is InChI=1S/C51H32FN3OS/c52-34-22-24-37(25-23-34)55(36-13-5-2-6-14-36)49-30-21-33(32-53-49)39-28-29-43-41-27-26-38(31-48(41)57-47-20-10-16-42(39)50(43)47)54(35-11-3-1-4-12-35)45-18-9-17-44-40-15-7-8-19-46(40)56-51(44)45/h1-32H. The van der Waals surface area contributed by atoms with Crippen LogP contribution < -0.4 is 9.80 Å². The third kappa shape index (κ3) is 5.64. The summed E-state index contributed by atoms with van der Waals surface area (Å²) in [6.45, 7) is 0. The van der Waals surface area contributed by atoms with Crippen molar-refractivity contribution >= 4 is 78.7 Å². The molecule has 11 rings (SSSR count). The highest BCUT2D eigenvalue weighted by molar-refractivity contribution is 7.99. The van der Waals surface area contributed by atoms with E-state index in [1.54, 1.807) is 12.1 Å². The topological polar surface area (TPSA) is 32.5 Å². The number of nitrogens with zero attached hydrogens (tertiary/aromatic N) is 3. The Hall–Kier alpha value is -7.15. The fraction of sp³-hybridized carbons (Fsp3) is 0. The highest BCUT2D eigenvalue weighted by Crippen LogP contribution is 2.52. The van der Waals surface area contributed by atoms with Crippen molar-refractivity contribution in [1.82, 2.24) is 4.98 Å². The van der Waals surface area contributed by atoms with Gasteiger partial charge in [-0.3, -0.25) is 4.90 Å². The van der Waals surface area contributed by atoms with E-state index in [-0.39, 0.29) is 5.82 Å². The second-order valence-corrected chi connectivity index (χ2v) is 15.2. The molecular weight excluding hydrogens is 722 g/mol. The van der Waals surface area contributed by atoms with Crippen molar-refractivity contribution in [3.8, 4) is 22.3 Å². The quantitative estimate of drug-likeness (QED) is 0.162. The Balaban J connectivity index is 0.989. The van der Waals surface area contributed by atoms with Gasteiger partial charge in [0, 0.05) is 60.5 Å². The fourth-order valence-electron chi connectivity index (χ4n) is 8.18. The Labute approximate surface area is 333 Å². The number of benzene rings is 8. The first kappa shape index (κ1) is 33.2. The van der Waals surface area contributed by atoms with Gasteiger partial charge in [0.2, 0.25) is 0 Å². The lowest BCUT2D eigenvalue weighted by atomic mass is 9.92. The van der Waals surface area contributed by atoms with E-state index in [1.165, 1.54) is 43.8 Å². The normalized spacial score (nSPS) is 11.9. The number of hydrogen-bond acceptors (Lipinski definition) is 5. The Bertz CT molecular complexity index is 3110. The molecule has 0 saturated carbocycles. The van der Waals surface area contributed by atoms with Gasteiger partial charge in [-0.15, -0.1) is 0 Å². The van der Waals surface area contributed by atoms with Crippen molar-refractivity contribution in [3.05, 3.63) is 200 Å². The van der Waals surface area contributed by atoms with Crippen LogP contribution in [0.2, 0.25) is 0 Å². The van der Waals surface area contributed by atoms with Gasteiger partial charge in [0.1, 0.15) is 17.2 Å². The number of fused-ring (bicyclic) bond motifs is 5. The molecule has 2 aromatic heterocycles. The molecule has 6 heteroatoms. The molecule has 0 amide bonds. The summed E-state index contributed by atoms with van der Waals surface area (Å²) in [5, 5.41) is 4.63. The number of pyridine rings is 1. The van der Waals surface area contributed by atoms with E-state index in [4.69, 9.17) is 9.40 Å². The minimum Gasteiger partial charge on any atom is -0.454 e. The average molecular weight is 754 g/mol. The predicted molar refractivity (Wildman–Crippen MR) is 233 cm³/mol. The van der Waals surface area contributed by atoms with E-state index >= 15 is 0 Å². The van der Waals surface area contributed by atoms with Crippen LogP contribution in [0, 0.1) is 5.82 Å². The summed E-state index contributed by atoms with van der Waals surface area (Å²) in [6, 6.07) is 63.7. The van der Waals surface area contributed by atoms with E-state index in [2.05, 4.69) is 120 Å². The molecule has 8 aromatic carbocycles. The van der Waals surface area contributed by atoms with Crippen LogP contribution in [0.1, 0.15) is 0 Å². The van der Waals surface area contributed by atoms with Crippen molar-refractivity contribution in [3.63, 3.8) is 0 Å². The highest BCUT2D eigenvalue weighted by Gasteiger charge is 2.25. The lowest BCUT2D eigenvalue weighted by Gasteiger charge is -2.28. The molecule has 1 aliphatic rings. The van der Waals surface area contributed by atoms with Gasteiger partial charge in [0.15, 0.2) is 5.58 Å². The van der Waals surface area contributed by atoms with Gasteiger partial charge in [0.25, 0.3) is 0 Å². The molecule has 1 aliphatic heterocycles. The lowest BCUT2D eigenvalue weighted by Crippen LogP contribution is -2.11. The van der Waals surface area contributed by atoms with Crippen LogP contribution in [-0.2, 0) is 0 Å². The summed E-state index contributed by atoms with van der Waals surface area (Å²) in [5.74, 6) is 0.478. The van der Waals surface area contributed by atoms with E-state index in [9.17, 15) is 4.39 Å². The van der Waals surface area contributed by atoms with E-state index in [1.807, 2.05) is 71.4 Å². The Morgan fingerprint density at radius 3 is 1.91 bits per heavy atom. The number of halogens is 1. The van der Waals surface area contributed by atoms with Crippen LogP contribution in [0.15, 0.2) is 208 Å². The molecule has 0 spiro atoms. The van der Waals surface area contributed by atoms with Gasteiger partial charge in [-0.25, -0.2) is 9.37 Å². The van der Waals surface area contributed by atoms with Gasteiger partial charge in [-0.05, 0) is 113 Å².